The summed E-state index contributed by atoms with van der Waals surface area (Å²) in [5, 5.41) is -0.0182. The summed E-state index contributed by atoms with van der Waals surface area (Å²) < 4.78 is 1.11. The summed E-state index contributed by atoms with van der Waals surface area (Å²) in [6.07, 6.45) is 0. The third-order valence-electron chi connectivity index (χ3n) is 4.51. The van der Waals surface area contributed by atoms with Crippen molar-refractivity contribution in [2.45, 2.75) is 17.9 Å². The van der Waals surface area contributed by atoms with Crippen molar-refractivity contribution in [3.05, 3.63) is 64.6 Å². The highest BCUT2D eigenvalue weighted by Crippen LogP contribution is 2.25. The SMILES string of the molecule is CC(SCc1ccccc1Br)C(=O)N1CCN(c2ccccc2)CC1. The molecule has 0 bridgehead atoms. The van der Waals surface area contributed by atoms with Gasteiger partial charge in [0.25, 0.3) is 0 Å². The second-order valence-electron chi connectivity index (χ2n) is 6.19. The lowest BCUT2D eigenvalue weighted by Gasteiger charge is -2.37. The minimum atomic E-state index is -0.0182. The van der Waals surface area contributed by atoms with Gasteiger partial charge in [0.15, 0.2) is 0 Å². The summed E-state index contributed by atoms with van der Waals surface area (Å²) in [7, 11) is 0. The molecule has 0 spiro atoms. The van der Waals surface area contributed by atoms with E-state index in [1.807, 2.05) is 36.1 Å². The molecular weight excluding hydrogens is 396 g/mol. The monoisotopic (exact) mass is 418 g/mol. The fraction of sp³-hybridized carbons (Fsp3) is 0.350. The van der Waals surface area contributed by atoms with E-state index in [0.717, 1.165) is 36.4 Å². The van der Waals surface area contributed by atoms with Gasteiger partial charge < -0.3 is 9.80 Å². The first-order valence-electron chi connectivity index (χ1n) is 8.59. The van der Waals surface area contributed by atoms with Crippen molar-refractivity contribution in [2.24, 2.45) is 0 Å². The summed E-state index contributed by atoms with van der Waals surface area (Å²) in [5.41, 5.74) is 2.48. The maximum absolute atomic E-state index is 12.7. The molecule has 2 aromatic carbocycles. The second-order valence-corrected chi connectivity index (χ2v) is 8.38. The van der Waals surface area contributed by atoms with Gasteiger partial charge in [-0.3, -0.25) is 4.79 Å². The van der Waals surface area contributed by atoms with Crippen LogP contribution in [0.2, 0.25) is 0 Å². The van der Waals surface area contributed by atoms with Gasteiger partial charge in [0.05, 0.1) is 5.25 Å². The highest BCUT2D eigenvalue weighted by atomic mass is 79.9. The molecule has 132 valence electrons. The molecule has 1 aliphatic rings. The molecule has 25 heavy (non-hydrogen) atoms. The Bertz CT molecular complexity index is 702. The van der Waals surface area contributed by atoms with Crippen LogP contribution in [0, 0.1) is 0 Å². The number of thioether (sulfide) groups is 1. The molecule has 0 N–H and O–H groups in total. The number of carbonyl (C=O) groups excluding carboxylic acids is 1. The second kappa shape index (κ2) is 8.77. The van der Waals surface area contributed by atoms with E-state index in [2.05, 4.69) is 51.2 Å². The zero-order valence-electron chi connectivity index (χ0n) is 14.4. The van der Waals surface area contributed by atoms with E-state index in [9.17, 15) is 4.79 Å². The van der Waals surface area contributed by atoms with E-state index in [0.29, 0.717) is 0 Å². The number of rotatable bonds is 5. The highest BCUT2D eigenvalue weighted by Gasteiger charge is 2.25. The molecule has 1 aliphatic heterocycles. The van der Waals surface area contributed by atoms with Crippen LogP contribution in [-0.4, -0.2) is 42.2 Å². The molecule has 1 saturated heterocycles. The van der Waals surface area contributed by atoms with Gasteiger partial charge in [-0.05, 0) is 30.7 Å². The lowest BCUT2D eigenvalue weighted by atomic mass is 10.2. The zero-order chi connectivity index (χ0) is 17.6. The van der Waals surface area contributed by atoms with E-state index in [-0.39, 0.29) is 11.2 Å². The first kappa shape index (κ1) is 18.3. The van der Waals surface area contributed by atoms with E-state index in [1.165, 1.54) is 11.3 Å². The molecule has 1 heterocycles. The Kier molecular flexibility index (Phi) is 6.43. The normalized spacial score (nSPS) is 15.9. The van der Waals surface area contributed by atoms with E-state index < -0.39 is 0 Å². The average Bonchev–Trinajstić information content (AvgIpc) is 2.67. The summed E-state index contributed by atoms with van der Waals surface area (Å²) >= 11 is 5.28. The maximum Gasteiger partial charge on any atom is 0.235 e. The molecule has 3 nitrogen and oxygen atoms in total. The number of para-hydroxylation sites is 1. The van der Waals surface area contributed by atoms with Crippen molar-refractivity contribution in [3.8, 4) is 0 Å². The van der Waals surface area contributed by atoms with Crippen molar-refractivity contribution in [2.75, 3.05) is 31.1 Å². The predicted octanol–water partition coefficient (Wildman–Crippen LogP) is 4.42. The maximum atomic E-state index is 12.7. The van der Waals surface area contributed by atoms with Crippen molar-refractivity contribution in [3.63, 3.8) is 0 Å². The lowest BCUT2D eigenvalue weighted by molar-refractivity contribution is -0.130. The van der Waals surface area contributed by atoms with Gasteiger partial charge in [-0.1, -0.05) is 52.3 Å². The molecule has 1 atom stereocenters. The van der Waals surface area contributed by atoms with Crippen LogP contribution in [0.4, 0.5) is 5.69 Å². The number of carbonyl (C=O) groups is 1. The Labute approximate surface area is 162 Å². The summed E-state index contributed by atoms with van der Waals surface area (Å²) in [4.78, 5) is 17.1. The third kappa shape index (κ3) is 4.79. The molecule has 1 unspecified atom stereocenters. The van der Waals surface area contributed by atoms with Crippen LogP contribution in [0.3, 0.4) is 0 Å². The van der Waals surface area contributed by atoms with Crippen LogP contribution >= 0.6 is 27.7 Å². The minimum absolute atomic E-state index is 0.0182. The fourth-order valence-corrected chi connectivity index (χ4v) is 4.57. The van der Waals surface area contributed by atoms with Crippen molar-refractivity contribution in [1.29, 1.82) is 0 Å². The smallest absolute Gasteiger partial charge is 0.235 e. The Morgan fingerprint density at radius 3 is 2.36 bits per heavy atom. The number of hydrogen-bond donors (Lipinski definition) is 0. The van der Waals surface area contributed by atoms with Crippen LogP contribution in [-0.2, 0) is 10.5 Å². The Hall–Kier alpha value is -1.46. The summed E-state index contributed by atoms with van der Waals surface area (Å²) in [6, 6.07) is 18.6. The number of nitrogens with zero attached hydrogens (tertiary/aromatic N) is 2. The van der Waals surface area contributed by atoms with Gasteiger partial charge in [-0.25, -0.2) is 0 Å². The van der Waals surface area contributed by atoms with E-state index in [1.54, 1.807) is 11.8 Å². The number of amides is 1. The lowest BCUT2D eigenvalue weighted by Crippen LogP contribution is -2.50. The molecular formula is C20H23BrN2OS. The quantitative estimate of drug-likeness (QED) is 0.717. The van der Waals surface area contributed by atoms with Crippen LogP contribution in [0.15, 0.2) is 59.1 Å². The topological polar surface area (TPSA) is 23.6 Å². The third-order valence-corrected chi connectivity index (χ3v) is 6.46. The number of anilines is 1. The summed E-state index contributed by atoms with van der Waals surface area (Å²) in [5.74, 6) is 1.10. The Morgan fingerprint density at radius 1 is 1.04 bits per heavy atom. The number of hydrogen-bond acceptors (Lipinski definition) is 3. The van der Waals surface area contributed by atoms with E-state index >= 15 is 0 Å². The van der Waals surface area contributed by atoms with Crippen molar-refractivity contribution < 1.29 is 4.79 Å². The molecule has 0 aromatic heterocycles. The van der Waals surface area contributed by atoms with Gasteiger partial charge in [0.2, 0.25) is 5.91 Å². The molecule has 0 radical (unpaired) electrons. The molecule has 0 saturated carbocycles. The van der Waals surface area contributed by atoms with Crippen molar-refractivity contribution in [1.82, 2.24) is 4.90 Å². The largest absolute Gasteiger partial charge is 0.368 e. The zero-order valence-corrected chi connectivity index (χ0v) is 16.8. The summed E-state index contributed by atoms with van der Waals surface area (Å²) in [6.45, 7) is 5.42. The number of piperazine rings is 1. The van der Waals surface area contributed by atoms with Gasteiger partial charge in [0, 0.05) is 42.1 Å². The van der Waals surface area contributed by atoms with Crippen LogP contribution in [0.25, 0.3) is 0 Å². The van der Waals surface area contributed by atoms with Gasteiger partial charge >= 0.3 is 0 Å². The minimum Gasteiger partial charge on any atom is -0.368 e. The van der Waals surface area contributed by atoms with Gasteiger partial charge in [0.1, 0.15) is 0 Å². The molecule has 1 amide bonds. The average molecular weight is 419 g/mol. The highest BCUT2D eigenvalue weighted by molar-refractivity contribution is 9.10. The first-order valence-corrected chi connectivity index (χ1v) is 10.4. The van der Waals surface area contributed by atoms with Crippen LogP contribution < -0.4 is 4.90 Å². The molecule has 1 fully saturated rings. The number of halogens is 1. The van der Waals surface area contributed by atoms with Crippen LogP contribution in [0.5, 0.6) is 0 Å². The predicted molar refractivity (Wildman–Crippen MR) is 110 cm³/mol. The molecule has 2 aromatic rings. The standard InChI is InChI=1S/C20H23BrN2OS/c1-16(25-15-17-7-5-6-10-19(17)21)20(24)23-13-11-22(12-14-23)18-8-3-2-4-9-18/h2-10,16H,11-15H2,1H3. The molecule has 3 rings (SSSR count). The Balaban J connectivity index is 1.49. The molecule has 0 aliphatic carbocycles. The molecule has 5 heteroatoms. The first-order chi connectivity index (χ1) is 12.1. The van der Waals surface area contributed by atoms with Gasteiger partial charge in [-0.2, -0.15) is 0 Å². The van der Waals surface area contributed by atoms with E-state index in [4.69, 9.17) is 0 Å². The van der Waals surface area contributed by atoms with Crippen molar-refractivity contribution >= 4 is 39.3 Å². The fourth-order valence-electron chi connectivity index (χ4n) is 2.98. The Morgan fingerprint density at radius 2 is 1.68 bits per heavy atom. The van der Waals surface area contributed by atoms with Gasteiger partial charge in [-0.15, -0.1) is 11.8 Å². The van der Waals surface area contributed by atoms with Crippen LogP contribution in [0.1, 0.15) is 12.5 Å². The number of benzene rings is 2.